The van der Waals surface area contributed by atoms with E-state index in [0.717, 1.165) is 32.9 Å². The molecule has 4 aromatic rings. The molecule has 3 aromatic carbocycles. The zero-order chi connectivity index (χ0) is 31.1. The minimum atomic E-state index is -0.846. The number of nitrogens with one attached hydrogen (secondary N) is 2. The number of anilines is 2. The number of carbonyl (C=O) groups excluding carboxylic acids is 3. The Kier molecular flexibility index (Phi) is 11.3. The third kappa shape index (κ3) is 7.84. The number of hydrogen-bond donors (Lipinski definition) is 6. The van der Waals surface area contributed by atoms with Crippen LogP contribution in [0.25, 0.3) is 32.9 Å². The van der Waals surface area contributed by atoms with E-state index in [1.807, 2.05) is 60.1 Å². The first-order chi connectivity index (χ1) is 20.6. The van der Waals surface area contributed by atoms with Gasteiger partial charge in [-0.25, -0.2) is 4.79 Å². The first-order valence-corrected chi connectivity index (χ1v) is 13.8. The van der Waals surface area contributed by atoms with Crippen LogP contribution in [0.4, 0.5) is 11.4 Å². The molecule has 13 heteroatoms. The van der Waals surface area contributed by atoms with Crippen LogP contribution in [0.3, 0.4) is 0 Å². The number of carbonyl (C=O) groups is 3. The number of aliphatic imine (C=N–C) groups is 1. The molecule has 0 spiro atoms. The maximum absolute atomic E-state index is 13.1. The Morgan fingerprint density at radius 1 is 0.955 bits per heavy atom. The summed E-state index contributed by atoms with van der Waals surface area (Å²) in [6, 6.07) is 18.0. The Balaban J connectivity index is 0.00000529. The number of rotatable bonds is 11. The number of methoxy groups -OCH3 is 1. The zero-order valence-electron chi connectivity index (χ0n) is 24.6. The van der Waals surface area contributed by atoms with Crippen molar-refractivity contribution in [3.05, 3.63) is 66.2 Å². The predicted octanol–water partition coefficient (Wildman–Crippen LogP) is -1.52. The monoisotopic (exact) mass is 620 g/mol. The van der Waals surface area contributed by atoms with Gasteiger partial charge in [0.2, 0.25) is 17.1 Å². The molecule has 0 aliphatic rings. The van der Waals surface area contributed by atoms with Crippen LogP contribution in [-0.4, -0.2) is 50.0 Å². The van der Waals surface area contributed by atoms with Crippen LogP contribution in [-0.2, 0) is 21.4 Å². The molecular formula is C31H37ClN8O4. The molecule has 0 saturated heterocycles. The summed E-state index contributed by atoms with van der Waals surface area (Å²) in [6.45, 7) is 0.384. The summed E-state index contributed by atoms with van der Waals surface area (Å²) in [5.74, 6) is -1.36. The second-order valence-electron chi connectivity index (χ2n) is 10.2. The van der Waals surface area contributed by atoms with Crippen LogP contribution in [0.2, 0.25) is 0 Å². The number of nitrogens with two attached hydrogens (primary N) is 4. The highest BCUT2D eigenvalue weighted by Gasteiger charge is 2.23. The topological polar surface area (TPSA) is 205 Å². The number of guanidine groups is 1. The van der Waals surface area contributed by atoms with Gasteiger partial charge in [-0.2, -0.15) is 4.57 Å². The van der Waals surface area contributed by atoms with Crippen LogP contribution in [0.15, 0.2) is 65.7 Å². The number of esters is 1. The number of nitrogen functional groups attached to an aromatic ring is 2. The second kappa shape index (κ2) is 14.9. The predicted molar refractivity (Wildman–Crippen MR) is 168 cm³/mol. The Labute approximate surface area is 261 Å². The van der Waals surface area contributed by atoms with Gasteiger partial charge in [0.1, 0.15) is 13.1 Å². The summed E-state index contributed by atoms with van der Waals surface area (Å²) in [5, 5.41) is 8.42. The second-order valence-corrected chi connectivity index (χ2v) is 10.2. The average Bonchev–Trinajstić information content (AvgIpc) is 2.98. The van der Waals surface area contributed by atoms with E-state index in [2.05, 4.69) is 15.6 Å². The van der Waals surface area contributed by atoms with E-state index in [0.29, 0.717) is 36.3 Å². The number of ether oxygens (including phenoxy) is 1. The highest BCUT2D eigenvalue weighted by Crippen LogP contribution is 2.33. The van der Waals surface area contributed by atoms with Crippen molar-refractivity contribution >= 4 is 56.8 Å². The SMILES string of the molecule is COC(=O)C(CCCN=C(N)N)NC(=O)CCNC(=O)c1cccc(-c2c3cc(N)ccc3c3ccc(N)cc3[n+]2C)c1.[Cl-]. The van der Waals surface area contributed by atoms with Crippen molar-refractivity contribution in [1.29, 1.82) is 0 Å². The first kappa shape index (κ1) is 33.4. The lowest BCUT2D eigenvalue weighted by Gasteiger charge is -2.16. The molecule has 0 radical (unpaired) electrons. The smallest absolute Gasteiger partial charge is 0.328 e. The number of fused-ring (bicyclic) bond motifs is 3. The number of aryl methyl sites for hydroxylation is 1. The molecule has 4 rings (SSSR count). The maximum Gasteiger partial charge on any atom is 0.328 e. The summed E-state index contributed by atoms with van der Waals surface area (Å²) < 4.78 is 6.83. The third-order valence-corrected chi connectivity index (χ3v) is 7.11. The van der Waals surface area contributed by atoms with Crippen molar-refractivity contribution in [2.24, 2.45) is 23.5 Å². The molecule has 0 aliphatic heterocycles. The van der Waals surface area contributed by atoms with Crippen molar-refractivity contribution in [2.75, 3.05) is 31.7 Å². The highest BCUT2D eigenvalue weighted by atomic mass is 35.5. The van der Waals surface area contributed by atoms with Gasteiger partial charge < -0.3 is 50.7 Å². The van der Waals surface area contributed by atoms with Gasteiger partial charge in [-0.15, -0.1) is 0 Å². The molecule has 0 bridgehead atoms. The molecule has 0 saturated carbocycles. The number of hydrogen-bond acceptors (Lipinski definition) is 7. The summed E-state index contributed by atoms with van der Waals surface area (Å²) in [6.07, 6.45) is 0.737. The molecule has 0 aliphatic carbocycles. The standard InChI is InChI=1S/C31H36N8O4.ClH/c1-39-26-17-21(33)9-11-23(26)22-10-8-20(32)16-24(22)28(39)18-5-3-6-19(15-18)29(41)36-14-12-27(40)38-25(30(42)43-2)7-4-13-37-31(34)35;/h3,5-6,8-11,15-17,25,33H,4,7,12-14,32H2,1-2H3,(H6,34,35,36,37,38,40,41);1H. The molecule has 2 amide bonds. The molecule has 44 heavy (non-hydrogen) atoms. The quantitative estimate of drug-likeness (QED) is 0.0220. The molecule has 1 atom stereocenters. The molecule has 0 fully saturated rings. The van der Waals surface area contributed by atoms with E-state index in [1.165, 1.54) is 7.11 Å². The summed E-state index contributed by atoms with van der Waals surface area (Å²) in [4.78, 5) is 41.6. The Hall–Kier alpha value is -5.10. The van der Waals surface area contributed by atoms with E-state index in [9.17, 15) is 14.4 Å². The van der Waals surface area contributed by atoms with Crippen LogP contribution >= 0.6 is 0 Å². The van der Waals surface area contributed by atoms with Gasteiger partial charge in [0, 0.05) is 53.5 Å². The number of aromatic nitrogens is 1. The zero-order valence-corrected chi connectivity index (χ0v) is 25.4. The Morgan fingerprint density at radius 2 is 1.66 bits per heavy atom. The fourth-order valence-electron chi connectivity index (χ4n) is 5.06. The largest absolute Gasteiger partial charge is 1.00 e. The van der Waals surface area contributed by atoms with Crippen molar-refractivity contribution in [3.8, 4) is 11.3 Å². The van der Waals surface area contributed by atoms with Gasteiger partial charge in [-0.3, -0.25) is 14.6 Å². The Morgan fingerprint density at radius 3 is 2.36 bits per heavy atom. The molecule has 1 aromatic heterocycles. The van der Waals surface area contributed by atoms with E-state index in [1.54, 1.807) is 12.1 Å². The van der Waals surface area contributed by atoms with Gasteiger partial charge in [-0.1, -0.05) is 12.1 Å². The normalized spacial score (nSPS) is 11.3. The fraction of sp³-hybridized carbons (Fsp3) is 0.258. The van der Waals surface area contributed by atoms with Gasteiger partial charge in [-0.05, 0) is 55.3 Å². The maximum atomic E-state index is 13.1. The molecule has 12 nitrogen and oxygen atoms in total. The van der Waals surface area contributed by atoms with Gasteiger partial charge in [0.15, 0.2) is 5.96 Å². The highest BCUT2D eigenvalue weighted by molar-refractivity contribution is 6.10. The lowest BCUT2D eigenvalue weighted by Crippen LogP contribution is -3.00. The molecule has 1 unspecified atom stereocenters. The van der Waals surface area contributed by atoms with Gasteiger partial charge in [0.05, 0.1) is 17.9 Å². The molecule has 10 N–H and O–H groups in total. The average molecular weight is 621 g/mol. The summed E-state index contributed by atoms with van der Waals surface area (Å²) in [7, 11) is 3.20. The van der Waals surface area contributed by atoms with Crippen LogP contribution < -0.4 is 50.5 Å². The van der Waals surface area contributed by atoms with Crippen molar-refractivity contribution in [1.82, 2.24) is 10.6 Å². The van der Waals surface area contributed by atoms with Crippen molar-refractivity contribution < 1.29 is 36.1 Å². The lowest BCUT2D eigenvalue weighted by atomic mass is 9.97. The van der Waals surface area contributed by atoms with Crippen molar-refractivity contribution in [3.63, 3.8) is 0 Å². The third-order valence-electron chi connectivity index (χ3n) is 7.11. The number of pyridine rings is 1. The van der Waals surface area contributed by atoms with E-state index >= 15 is 0 Å². The first-order valence-electron chi connectivity index (χ1n) is 13.8. The minimum Gasteiger partial charge on any atom is -1.00 e. The van der Waals surface area contributed by atoms with Crippen LogP contribution in [0.1, 0.15) is 29.6 Å². The van der Waals surface area contributed by atoms with Crippen molar-refractivity contribution in [2.45, 2.75) is 25.3 Å². The summed E-state index contributed by atoms with van der Waals surface area (Å²) >= 11 is 0. The Bertz CT molecular complexity index is 1720. The van der Waals surface area contributed by atoms with Gasteiger partial charge in [0.25, 0.3) is 5.91 Å². The summed E-state index contributed by atoms with van der Waals surface area (Å²) in [5.41, 5.74) is 27.2. The number of amides is 2. The van der Waals surface area contributed by atoms with E-state index in [-0.39, 0.29) is 37.2 Å². The van der Waals surface area contributed by atoms with Gasteiger partial charge >= 0.3 is 5.97 Å². The number of nitrogens with zero attached hydrogens (tertiary/aromatic N) is 2. The van der Waals surface area contributed by atoms with Crippen LogP contribution in [0.5, 0.6) is 0 Å². The number of halogens is 1. The van der Waals surface area contributed by atoms with Crippen LogP contribution in [0, 0.1) is 0 Å². The number of benzene rings is 3. The lowest BCUT2D eigenvalue weighted by molar-refractivity contribution is -0.632. The van der Waals surface area contributed by atoms with E-state index < -0.39 is 17.9 Å². The molecule has 232 valence electrons. The minimum absolute atomic E-state index is 0. The molecular weight excluding hydrogens is 584 g/mol. The van der Waals surface area contributed by atoms with E-state index in [4.69, 9.17) is 27.7 Å². The fourth-order valence-corrected chi connectivity index (χ4v) is 5.06. The molecule has 1 heterocycles.